The molecule has 27 heavy (non-hydrogen) atoms. The molecule has 0 N–H and O–H groups in total. The predicted octanol–water partition coefficient (Wildman–Crippen LogP) is 5.43. The summed E-state index contributed by atoms with van der Waals surface area (Å²) in [6, 6.07) is 12.3. The van der Waals surface area contributed by atoms with E-state index in [4.69, 9.17) is 0 Å². The monoisotopic (exact) mass is 374 g/mol. The van der Waals surface area contributed by atoms with Crippen LogP contribution < -0.4 is 4.90 Å². The molecule has 0 aliphatic carbocycles. The van der Waals surface area contributed by atoms with E-state index >= 15 is 0 Å². The third-order valence-corrected chi connectivity index (χ3v) is 4.82. The Bertz CT molecular complexity index is 971. The van der Waals surface area contributed by atoms with Gasteiger partial charge in [-0.15, -0.1) is 0 Å². The van der Waals surface area contributed by atoms with Gasteiger partial charge in [-0.1, -0.05) is 31.5 Å². The molecule has 3 rings (SSSR count). The zero-order valence-corrected chi connectivity index (χ0v) is 15.5. The average molecular weight is 374 g/mol. The van der Waals surface area contributed by atoms with Crippen molar-refractivity contribution < 1.29 is 18.0 Å². The summed E-state index contributed by atoms with van der Waals surface area (Å²) in [4.78, 5) is 14.6. The molecule has 142 valence electrons. The topological polar surface area (TPSA) is 25.2 Å². The third-order valence-electron chi connectivity index (χ3n) is 4.82. The van der Waals surface area contributed by atoms with Crippen LogP contribution in [0.5, 0.6) is 0 Å². The lowest BCUT2D eigenvalue weighted by molar-refractivity contribution is -0.137. The number of halogens is 3. The van der Waals surface area contributed by atoms with Crippen LogP contribution in [0.15, 0.2) is 48.5 Å². The number of carbonyl (C=O) groups excluding carboxylic acids is 1. The van der Waals surface area contributed by atoms with Crippen molar-refractivity contribution in [3.63, 3.8) is 0 Å². The molecular formula is C21H21F3N2O. The van der Waals surface area contributed by atoms with Crippen LogP contribution in [0.4, 0.5) is 18.9 Å². The fourth-order valence-electron chi connectivity index (χ4n) is 3.37. The van der Waals surface area contributed by atoms with Crippen LogP contribution >= 0.6 is 0 Å². The molecule has 6 heteroatoms. The SMILES string of the molecule is CCCc1c(C(=O)N(C)c2ccc(C(F)(F)F)cc2)c2ccccc2n1C. The summed E-state index contributed by atoms with van der Waals surface area (Å²) in [7, 11) is 3.52. The number of hydrogen-bond acceptors (Lipinski definition) is 1. The van der Waals surface area contributed by atoms with E-state index in [1.807, 2.05) is 42.8 Å². The molecule has 0 radical (unpaired) electrons. The minimum atomic E-state index is -4.40. The van der Waals surface area contributed by atoms with Crippen molar-refractivity contribution in [1.82, 2.24) is 4.57 Å². The van der Waals surface area contributed by atoms with Crippen LogP contribution in [0.1, 0.15) is 35.0 Å². The van der Waals surface area contributed by atoms with Crippen molar-refractivity contribution in [3.05, 3.63) is 65.4 Å². The largest absolute Gasteiger partial charge is 0.416 e. The first kappa shape index (κ1) is 19.0. The number of hydrogen-bond donors (Lipinski definition) is 0. The molecule has 1 amide bonds. The maximum atomic E-state index is 13.2. The number of carbonyl (C=O) groups is 1. The number of fused-ring (bicyclic) bond motifs is 1. The van der Waals surface area contributed by atoms with Gasteiger partial charge < -0.3 is 9.47 Å². The molecule has 0 atom stereocenters. The zero-order chi connectivity index (χ0) is 19.8. The molecule has 3 nitrogen and oxygen atoms in total. The Hall–Kier alpha value is -2.76. The van der Waals surface area contributed by atoms with Crippen molar-refractivity contribution in [2.24, 2.45) is 7.05 Å². The third kappa shape index (κ3) is 3.44. The first-order chi connectivity index (χ1) is 12.8. The van der Waals surface area contributed by atoms with Crippen LogP contribution in [0.3, 0.4) is 0 Å². The minimum Gasteiger partial charge on any atom is -0.347 e. The highest BCUT2D eigenvalue weighted by molar-refractivity contribution is 6.15. The number of aromatic nitrogens is 1. The predicted molar refractivity (Wildman–Crippen MR) is 101 cm³/mol. The number of anilines is 1. The van der Waals surface area contributed by atoms with Gasteiger partial charge in [-0.2, -0.15) is 13.2 Å². The molecule has 0 unspecified atom stereocenters. The highest BCUT2D eigenvalue weighted by atomic mass is 19.4. The van der Waals surface area contributed by atoms with Gasteiger partial charge in [-0.3, -0.25) is 4.79 Å². The maximum Gasteiger partial charge on any atom is 0.416 e. The summed E-state index contributed by atoms with van der Waals surface area (Å²) >= 11 is 0. The van der Waals surface area contributed by atoms with E-state index in [0.717, 1.165) is 41.6 Å². The summed E-state index contributed by atoms with van der Waals surface area (Å²) in [5.41, 5.74) is 2.19. The van der Waals surface area contributed by atoms with Crippen LogP contribution in [-0.4, -0.2) is 17.5 Å². The second-order valence-corrected chi connectivity index (χ2v) is 6.56. The van der Waals surface area contributed by atoms with E-state index in [2.05, 4.69) is 0 Å². The Morgan fingerprint density at radius 2 is 1.70 bits per heavy atom. The van der Waals surface area contributed by atoms with Gasteiger partial charge in [0, 0.05) is 36.4 Å². The first-order valence-corrected chi connectivity index (χ1v) is 8.77. The molecule has 0 aliphatic rings. The molecule has 0 bridgehead atoms. The second kappa shape index (κ2) is 7.10. The van der Waals surface area contributed by atoms with Gasteiger partial charge in [-0.25, -0.2) is 0 Å². The quantitative estimate of drug-likeness (QED) is 0.598. The average Bonchev–Trinajstić information content (AvgIpc) is 2.93. The van der Waals surface area contributed by atoms with Gasteiger partial charge in [0.25, 0.3) is 5.91 Å². The lowest BCUT2D eigenvalue weighted by Gasteiger charge is -2.19. The molecule has 0 saturated carbocycles. The molecule has 0 fully saturated rings. The number of amides is 1. The molecule has 1 heterocycles. The standard InChI is InChI=1S/C21H21F3N2O/c1-4-7-18-19(16-8-5-6-9-17(16)26(18)3)20(27)25(2)15-12-10-14(11-13-15)21(22,23)24/h5-6,8-13H,4,7H2,1-3H3. The number of para-hydroxylation sites is 1. The van der Waals surface area contributed by atoms with Gasteiger partial charge in [0.2, 0.25) is 0 Å². The molecule has 1 aromatic heterocycles. The molecule has 3 aromatic rings. The highest BCUT2D eigenvalue weighted by Crippen LogP contribution is 2.32. The molecular weight excluding hydrogens is 353 g/mol. The molecule has 2 aromatic carbocycles. The number of aryl methyl sites for hydroxylation is 1. The summed E-state index contributed by atoms with van der Waals surface area (Å²) in [6.07, 6.45) is -2.77. The number of alkyl halides is 3. The fourth-order valence-corrected chi connectivity index (χ4v) is 3.37. The van der Waals surface area contributed by atoms with Crippen molar-refractivity contribution in [1.29, 1.82) is 0 Å². The van der Waals surface area contributed by atoms with Gasteiger partial charge in [-0.05, 0) is 36.8 Å². The van der Waals surface area contributed by atoms with Gasteiger partial charge >= 0.3 is 6.18 Å². The highest BCUT2D eigenvalue weighted by Gasteiger charge is 2.30. The smallest absolute Gasteiger partial charge is 0.347 e. The number of rotatable bonds is 4. The Morgan fingerprint density at radius 3 is 2.30 bits per heavy atom. The zero-order valence-electron chi connectivity index (χ0n) is 15.5. The van der Waals surface area contributed by atoms with Crippen molar-refractivity contribution in [3.8, 4) is 0 Å². The van der Waals surface area contributed by atoms with E-state index in [0.29, 0.717) is 11.3 Å². The van der Waals surface area contributed by atoms with Crippen LogP contribution in [0.25, 0.3) is 10.9 Å². The van der Waals surface area contributed by atoms with Gasteiger partial charge in [0.05, 0.1) is 11.1 Å². The molecule has 0 spiro atoms. The second-order valence-electron chi connectivity index (χ2n) is 6.56. The Balaban J connectivity index is 2.04. The maximum absolute atomic E-state index is 13.2. The molecule has 0 aliphatic heterocycles. The summed E-state index contributed by atoms with van der Waals surface area (Å²) in [5, 5.41) is 0.854. The number of nitrogens with zero attached hydrogens (tertiary/aromatic N) is 2. The lowest BCUT2D eigenvalue weighted by atomic mass is 10.1. The van der Waals surface area contributed by atoms with Crippen LogP contribution in [0.2, 0.25) is 0 Å². The van der Waals surface area contributed by atoms with E-state index in [1.165, 1.54) is 17.0 Å². The van der Waals surface area contributed by atoms with E-state index < -0.39 is 11.7 Å². The Kier molecular flexibility index (Phi) is 5.00. The Morgan fingerprint density at radius 1 is 1.07 bits per heavy atom. The Labute approximate surface area is 156 Å². The summed E-state index contributed by atoms with van der Waals surface area (Å²) in [5.74, 6) is -0.227. The summed E-state index contributed by atoms with van der Waals surface area (Å²) in [6.45, 7) is 2.05. The van der Waals surface area contributed by atoms with Crippen molar-refractivity contribution in [2.75, 3.05) is 11.9 Å². The summed E-state index contributed by atoms with van der Waals surface area (Å²) < 4.78 is 40.3. The van der Waals surface area contributed by atoms with E-state index in [1.54, 1.807) is 7.05 Å². The van der Waals surface area contributed by atoms with Gasteiger partial charge in [0.15, 0.2) is 0 Å². The van der Waals surface area contributed by atoms with Crippen LogP contribution in [-0.2, 0) is 19.6 Å². The van der Waals surface area contributed by atoms with Crippen molar-refractivity contribution in [2.45, 2.75) is 25.9 Å². The fraction of sp³-hybridized carbons (Fsp3) is 0.286. The van der Waals surface area contributed by atoms with Crippen LogP contribution in [0, 0.1) is 0 Å². The van der Waals surface area contributed by atoms with E-state index in [9.17, 15) is 18.0 Å². The van der Waals surface area contributed by atoms with E-state index in [-0.39, 0.29) is 5.91 Å². The molecule has 0 saturated heterocycles. The first-order valence-electron chi connectivity index (χ1n) is 8.77. The lowest BCUT2D eigenvalue weighted by Crippen LogP contribution is -2.27. The normalized spacial score (nSPS) is 11.8. The van der Waals surface area contributed by atoms with Crippen molar-refractivity contribution >= 4 is 22.5 Å². The van der Waals surface area contributed by atoms with Gasteiger partial charge in [0.1, 0.15) is 0 Å². The minimum absolute atomic E-state index is 0.227. The number of benzene rings is 2.